The van der Waals surface area contributed by atoms with Crippen LogP contribution in [0.25, 0.3) is 0 Å². The molecule has 2 fully saturated rings. The topological polar surface area (TPSA) is 99.2 Å². The molecule has 0 spiro atoms. The van der Waals surface area contributed by atoms with Crippen LogP contribution in [0.15, 0.2) is 30.0 Å². The number of hydrogen-bond donors (Lipinski definition) is 2. The number of piperazine rings is 1. The van der Waals surface area contributed by atoms with Gasteiger partial charge in [-0.1, -0.05) is 25.8 Å². The van der Waals surface area contributed by atoms with E-state index in [1.807, 2.05) is 0 Å². The van der Waals surface area contributed by atoms with Gasteiger partial charge in [-0.2, -0.15) is 0 Å². The zero-order valence-electron chi connectivity index (χ0n) is 17.6. The number of benzene rings is 1. The lowest BCUT2D eigenvalue weighted by Gasteiger charge is -2.46. The Balaban J connectivity index is 1.49. The lowest BCUT2D eigenvalue weighted by Crippen LogP contribution is -2.66. The summed E-state index contributed by atoms with van der Waals surface area (Å²) >= 11 is 0. The summed E-state index contributed by atoms with van der Waals surface area (Å²) in [7, 11) is 0. The van der Waals surface area contributed by atoms with Gasteiger partial charge >= 0.3 is 0 Å². The van der Waals surface area contributed by atoms with Gasteiger partial charge in [-0.3, -0.25) is 14.4 Å². The predicted octanol–water partition coefficient (Wildman–Crippen LogP) is 0.836. The zero-order chi connectivity index (χ0) is 23.0. The van der Waals surface area contributed by atoms with Gasteiger partial charge in [0.25, 0.3) is 11.8 Å². The molecule has 1 aromatic carbocycles. The molecular formula is C22H25F2N3O5. The van der Waals surface area contributed by atoms with Crippen LogP contribution < -0.4 is 5.32 Å². The monoisotopic (exact) mass is 449 g/mol. The van der Waals surface area contributed by atoms with Crippen LogP contribution >= 0.6 is 0 Å². The molecule has 3 heterocycles. The van der Waals surface area contributed by atoms with Crippen LogP contribution in [0.4, 0.5) is 8.78 Å². The maximum atomic E-state index is 13.8. The molecule has 4 atom stereocenters. The molecule has 1 aromatic rings. The summed E-state index contributed by atoms with van der Waals surface area (Å²) in [6.45, 7) is 2.39. The highest BCUT2D eigenvalue weighted by atomic mass is 19.1. The summed E-state index contributed by atoms with van der Waals surface area (Å²) in [6, 6.07) is 1.73. The molecule has 8 nitrogen and oxygen atoms in total. The molecule has 0 aliphatic carbocycles. The van der Waals surface area contributed by atoms with Crippen molar-refractivity contribution in [2.75, 3.05) is 13.2 Å². The third-order valence-corrected chi connectivity index (χ3v) is 6.13. The second-order valence-electron chi connectivity index (χ2n) is 8.24. The number of halogens is 2. The Labute approximate surface area is 183 Å². The van der Waals surface area contributed by atoms with Gasteiger partial charge in [0.2, 0.25) is 5.78 Å². The van der Waals surface area contributed by atoms with E-state index in [-0.39, 0.29) is 30.3 Å². The number of carbonyl (C=O) groups is 3. The second-order valence-corrected chi connectivity index (χ2v) is 8.24. The summed E-state index contributed by atoms with van der Waals surface area (Å²) in [5.74, 6) is -3.66. The van der Waals surface area contributed by atoms with Crippen molar-refractivity contribution in [2.24, 2.45) is 0 Å². The predicted molar refractivity (Wildman–Crippen MR) is 108 cm³/mol. The number of nitrogens with zero attached hydrogens (tertiary/aromatic N) is 2. The van der Waals surface area contributed by atoms with Gasteiger partial charge in [0.15, 0.2) is 0 Å². The Hall–Kier alpha value is -2.85. The average Bonchev–Trinajstić information content (AvgIpc) is 3.17. The minimum atomic E-state index is -1.70. The molecule has 0 aromatic heterocycles. The molecule has 10 heteroatoms. The minimum absolute atomic E-state index is 0.0447. The fourth-order valence-corrected chi connectivity index (χ4v) is 4.42. The van der Waals surface area contributed by atoms with E-state index in [0.29, 0.717) is 12.7 Å². The maximum Gasteiger partial charge on any atom is 0.256 e. The molecule has 4 rings (SSSR count). The van der Waals surface area contributed by atoms with Crippen LogP contribution in [-0.2, 0) is 25.7 Å². The molecular weight excluding hydrogens is 424 g/mol. The van der Waals surface area contributed by atoms with Gasteiger partial charge in [0, 0.05) is 24.4 Å². The summed E-state index contributed by atoms with van der Waals surface area (Å²) in [5, 5.41) is 13.0. The van der Waals surface area contributed by atoms with Crippen LogP contribution in [0.1, 0.15) is 31.7 Å². The van der Waals surface area contributed by atoms with E-state index in [1.54, 1.807) is 4.90 Å². The molecule has 172 valence electrons. The Bertz CT molecular complexity index is 969. The van der Waals surface area contributed by atoms with Crippen LogP contribution in [-0.4, -0.2) is 70.1 Å². The average molecular weight is 449 g/mol. The Morgan fingerprint density at radius 1 is 1.31 bits per heavy atom. The molecule has 0 radical (unpaired) electrons. The van der Waals surface area contributed by atoms with Crippen LogP contribution in [0.2, 0.25) is 0 Å². The number of rotatable bonds is 6. The first-order valence-electron chi connectivity index (χ1n) is 10.7. The van der Waals surface area contributed by atoms with Crippen molar-refractivity contribution in [2.45, 2.75) is 57.1 Å². The molecule has 32 heavy (non-hydrogen) atoms. The number of Topliss-reactive ketones (excluding diaryl/α,β-unsaturated/α-hetero) is 1. The number of ketones is 1. The van der Waals surface area contributed by atoms with Crippen molar-refractivity contribution in [1.82, 2.24) is 15.1 Å². The molecule has 0 saturated carbocycles. The SMILES string of the molecule is CCCC[C@H]1CO[C@@H]2CN3C=C(C(=O)NCc4ccc(F)cc4F)C(=O)C(O)C3C(=O)N12. The maximum absolute atomic E-state index is 13.8. The first-order valence-corrected chi connectivity index (χ1v) is 10.7. The smallest absolute Gasteiger partial charge is 0.256 e. The van der Waals surface area contributed by atoms with Gasteiger partial charge in [-0.15, -0.1) is 0 Å². The highest BCUT2D eigenvalue weighted by Crippen LogP contribution is 2.32. The Morgan fingerprint density at radius 2 is 2.09 bits per heavy atom. The van der Waals surface area contributed by atoms with Crippen molar-refractivity contribution >= 4 is 17.6 Å². The van der Waals surface area contributed by atoms with E-state index >= 15 is 0 Å². The normalized spacial score (nSPS) is 27.2. The quantitative estimate of drug-likeness (QED) is 0.625. The number of hydrogen-bond acceptors (Lipinski definition) is 6. The fourth-order valence-electron chi connectivity index (χ4n) is 4.42. The van der Waals surface area contributed by atoms with Crippen molar-refractivity contribution in [3.05, 3.63) is 47.2 Å². The number of aliphatic hydroxyl groups excluding tert-OH is 1. The van der Waals surface area contributed by atoms with E-state index in [1.165, 1.54) is 17.2 Å². The van der Waals surface area contributed by atoms with E-state index < -0.39 is 47.6 Å². The zero-order valence-corrected chi connectivity index (χ0v) is 17.6. The summed E-state index contributed by atoms with van der Waals surface area (Å²) in [4.78, 5) is 41.5. The van der Waals surface area contributed by atoms with Crippen LogP contribution in [0.5, 0.6) is 0 Å². The number of unbranched alkanes of at least 4 members (excludes halogenated alkanes) is 1. The van der Waals surface area contributed by atoms with E-state index in [4.69, 9.17) is 4.74 Å². The lowest BCUT2D eigenvalue weighted by atomic mass is 9.91. The molecule has 2 N–H and O–H groups in total. The first-order chi connectivity index (χ1) is 15.3. The first kappa shape index (κ1) is 22.3. The van der Waals surface area contributed by atoms with Gasteiger partial charge in [-0.25, -0.2) is 8.78 Å². The van der Waals surface area contributed by atoms with Crippen LogP contribution in [0, 0.1) is 11.6 Å². The summed E-state index contributed by atoms with van der Waals surface area (Å²) < 4.78 is 32.6. The molecule has 0 bridgehead atoms. The highest BCUT2D eigenvalue weighted by Gasteiger charge is 2.53. The van der Waals surface area contributed by atoms with Crippen molar-refractivity contribution in [3.8, 4) is 0 Å². The number of aliphatic hydroxyl groups is 1. The van der Waals surface area contributed by atoms with Crippen molar-refractivity contribution in [3.63, 3.8) is 0 Å². The van der Waals surface area contributed by atoms with Gasteiger partial charge in [0.05, 0.1) is 19.2 Å². The number of nitrogens with one attached hydrogen (secondary N) is 1. The van der Waals surface area contributed by atoms with Gasteiger partial charge in [-0.05, 0) is 12.5 Å². The largest absolute Gasteiger partial charge is 0.382 e. The van der Waals surface area contributed by atoms with Crippen molar-refractivity contribution < 1.29 is 33.0 Å². The minimum Gasteiger partial charge on any atom is -0.382 e. The number of ether oxygens (including phenoxy) is 1. The number of carbonyl (C=O) groups excluding carboxylic acids is 3. The third kappa shape index (κ3) is 4.00. The van der Waals surface area contributed by atoms with Crippen molar-refractivity contribution in [1.29, 1.82) is 0 Å². The highest BCUT2D eigenvalue weighted by molar-refractivity contribution is 6.22. The molecule has 3 aliphatic rings. The van der Waals surface area contributed by atoms with E-state index in [0.717, 1.165) is 25.3 Å². The summed E-state index contributed by atoms with van der Waals surface area (Å²) in [6.07, 6.45) is 1.72. The fraction of sp³-hybridized carbons (Fsp3) is 0.500. The molecule has 2 saturated heterocycles. The third-order valence-electron chi connectivity index (χ3n) is 6.13. The van der Waals surface area contributed by atoms with Gasteiger partial charge in [0.1, 0.15) is 35.6 Å². The summed E-state index contributed by atoms with van der Waals surface area (Å²) in [5.41, 5.74) is -0.290. The van der Waals surface area contributed by atoms with E-state index in [9.17, 15) is 28.3 Å². The second kappa shape index (κ2) is 8.95. The molecule has 2 amide bonds. The Kier molecular flexibility index (Phi) is 6.25. The standard InChI is InChI=1S/C22H25F2N3O5/c1-2-3-4-14-11-32-17-10-26-9-15(19(28)20(29)18(26)22(31)27(14)17)21(30)25-8-12-5-6-13(23)7-16(12)24/h5-7,9,14,17-18,20,29H,2-4,8,10-11H2,1H3,(H,25,30)/t14-,17+,18?,20?/m0/s1. The van der Waals surface area contributed by atoms with Crippen LogP contribution in [0.3, 0.4) is 0 Å². The lowest BCUT2D eigenvalue weighted by molar-refractivity contribution is -0.162. The number of amides is 2. The molecule has 3 aliphatic heterocycles. The van der Waals surface area contributed by atoms with Gasteiger partial charge < -0.3 is 25.0 Å². The number of fused-ring (bicyclic) bond motifs is 2. The van der Waals surface area contributed by atoms with E-state index in [2.05, 4.69) is 12.2 Å². The molecule has 2 unspecified atom stereocenters. The Morgan fingerprint density at radius 3 is 2.81 bits per heavy atom.